The molecular weight excluding hydrogens is 463 g/mol. The van der Waals surface area contributed by atoms with Crippen LogP contribution >= 0.6 is 0 Å². The van der Waals surface area contributed by atoms with Gasteiger partial charge in [0.25, 0.3) is 0 Å². The normalized spacial score (nSPS) is 13.1. The Balaban J connectivity index is 0.000000384. The molecule has 0 spiro atoms. The molecule has 0 aromatic heterocycles. The van der Waals surface area contributed by atoms with E-state index in [9.17, 15) is 0 Å². The van der Waals surface area contributed by atoms with Gasteiger partial charge in [-0.05, 0) is 0 Å². The summed E-state index contributed by atoms with van der Waals surface area (Å²) < 4.78 is 0. The van der Waals surface area contributed by atoms with Crippen LogP contribution in [0.3, 0.4) is 0 Å². The van der Waals surface area contributed by atoms with Gasteiger partial charge in [-0.2, -0.15) is 53.1 Å². The summed E-state index contributed by atoms with van der Waals surface area (Å²) in [7, 11) is 0. The fourth-order valence-electron chi connectivity index (χ4n) is 2.86. The maximum absolute atomic E-state index is 2.26. The molecule has 0 radical (unpaired) electrons. The van der Waals surface area contributed by atoms with Crippen molar-refractivity contribution in [3.8, 4) is 0 Å². The number of rotatable bonds is 6. The predicted molar refractivity (Wildman–Crippen MR) is 122 cm³/mol. The van der Waals surface area contributed by atoms with Gasteiger partial charge in [0.15, 0.2) is 0 Å². The van der Waals surface area contributed by atoms with Crippen molar-refractivity contribution in [2.24, 2.45) is 0 Å². The van der Waals surface area contributed by atoms with E-state index >= 15 is 0 Å². The van der Waals surface area contributed by atoms with Crippen molar-refractivity contribution in [3.05, 3.63) is 89.5 Å². The van der Waals surface area contributed by atoms with Crippen LogP contribution in [0.2, 0.25) is 0 Å². The van der Waals surface area contributed by atoms with Gasteiger partial charge in [0.05, 0.1) is 0 Å². The minimum atomic E-state index is 0. The van der Waals surface area contributed by atoms with E-state index < -0.39 is 0 Å². The molecule has 1 heteroatoms. The van der Waals surface area contributed by atoms with E-state index in [4.69, 9.17) is 0 Å². The SMILES string of the molecule is CCC(C)[c-]1cccc1.CCC(C)[c-]1cccc1.CCC(C)[c-]1cccc1.[La+3]. The zero-order chi connectivity index (χ0) is 20.1. The van der Waals surface area contributed by atoms with Crippen molar-refractivity contribution >= 4 is 0 Å². The Kier molecular flexibility index (Phi) is 15.7. The van der Waals surface area contributed by atoms with Crippen molar-refractivity contribution in [2.45, 2.75) is 78.6 Å². The summed E-state index contributed by atoms with van der Waals surface area (Å²) in [6.45, 7) is 13.4. The summed E-state index contributed by atoms with van der Waals surface area (Å²) >= 11 is 0. The third-order valence-corrected chi connectivity index (χ3v) is 5.61. The summed E-state index contributed by atoms with van der Waals surface area (Å²) in [6.07, 6.45) is 3.72. The second-order valence-electron chi connectivity index (χ2n) is 7.58. The van der Waals surface area contributed by atoms with Crippen LogP contribution in [-0.4, -0.2) is 0 Å². The van der Waals surface area contributed by atoms with Crippen LogP contribution in [0.5, 0.6) is 0 Å². The topological polar surface area (TPSA) is 0 Å². The monoisotopic (exact) mass is 502 g/mol. The van der Waals surface area contributed by atoms with E-state index in [0.717, 1.165) is 17.8 Å². The van der Waals surface area contributed by atoms with Gasteiger partial charge in [0, 0.05) is 0 Å². The van der Waals surface area contributed by atoms with Crippen molar-refractivity contribution in [2.75, 3.05) is 0 Å². The van der Waals surface area contributed by atoms with E-state index in [2.05, 4.69) is 114 Å². The molecule has 0 saturated heterocycles. The Labute approximate surface area is 202 Å². The van der Waals surface area contributed by atoms with E-state index in [1.807, 2.05) is 0 Å². The van der Waals surface area contributed by atoms with E-state index in [0.29, 0.717) is 0 Å². The summed E-state index contributed by atoms with van der Waals surface area (Å²) in [5, 5.41) is 0. The van der Waals surface area contributed by atoms with E-state index in [-0.39, 0.29) is 35.6 Å². The summed E-state index contributed by atoms with van der Waals surface area (Å²) in [5.41, 5.74) is 4.41. The van der Waals surface area contributed by atoms with Crippen LogP contribution in [0.1, 0.15) is 95.2 Å². The molecule has 3 aromatic carbocycles. The molecule has 0 N–H and O–H groups in total. The summed E-state index contributed by atoms with van der Waals surface area (Å²) in [5.74, 6) is 2.21. The van der Waals surface area contributed by atoms with Gasteiger partial charge in [0.2, 0.25) is 0 Å². The zero-order valence-corrected chi connectivity index (χ0v) is 22.5. The summed E-state index contributed by atoms with van der Waals surface area (Å²) in [4.78, 5) is 0. The third kappa shape index (κ3) is 10.1. The Morgan fingerprint density at radius 2 is 0.643 bits per heavy atom. The number of hydrogen-bond acceptors (Lipinski definition) is 0. The smallest absolute Gasteiger partial charge is 0.213 e. The zero-order valence-electron chi connectivity index (χ0n) is 18.9. The standard InChI is InChI=1S/3C9H13.La/c3*1-3-8(2)9-6-4-5-7-9;/h3*4-8H,3H2,1-2H3;/q3*-1;+3. The molecule has 28 heavy (non-hydrogen) atoms. The van der Waals surface area contributed by atoms with Crippen LogP contribution in [-0.2, 0) is 0 Å². The maximum atomic E-state index is 2.26. The van der Waals surface area contributed by atoms with E-state index in [1.165, 1.54) is 36.0 Å². The first-order chi connectivity index (χ1) is 13.0. The van der Waals surface area contributed by atoms with Crippen molar-refractivity contribution < 1.29 is 35.6 Å². The Morgan fingerprint density at radius 1 is 0.464 bits per heavy atom. The molecule has 0 heterocycles. The molecule has 0 fully saturated rings. The summed E-state index contributed by atoms with van der Waals surface area (Å²) in [6, 6.07) is 25.7. The molecule has 0 aliphatic heterocycles. The van der Waals surface area contributed by atoms with Crippen LogP contribution in [0.25, 0.3) is 0 Å². The van der Waals surface area contributed by atoms with E-state index in [1.54, 1.807) is 0 Å². The average molecular weight is 503 g/mol. The van der Waals surface area contributed by atoms with Crippen molar-refractivity contribution in [3.63, 3.8) is 0 Å². The molecule has 0 nitrogen and oxygen atoms in total. The fourth-order valence-corrected chi connectivity index (χ4v) is 2.86. The molecule has 0 saturated carbocycles. The Morgan fingerprint density at radius 3 is 0.786 bits per heavy atom. The largest absolute Gasteiger partial charge is 3.00 e. The van der Waals surface area contributed by atoms with Gasteiger partial charge in [-0.25, -0.2) is 36.4 Å². The van der Waals surface area contributed by atoms with Crippen LogP contribution in [0.15, 0.2) is 72.8 Å². The molecule has 0 aliphatic rings. The van der Waals surface area contributed by atoms with Gasteiger partial charge >= 0.3 is 35.6 Å². The average Bonchev–Trinajstić information content (AvgIpc) is 3.48. The molecule has 3 aromatic rings. The van der Waals surface area contributed by atoms with Gasteiger partial charge in [-0.3, -0.25) is 0 Å². The van der Waals surface area contributed by atoms with Crippen molar-refractivity contribution in [1.29, 1.82) is 0 Å². The Hall–Kier alpha value is -0.755. The molecular formula is C27H39La. The van der Waals surface area contributed by atoms with Crippen LogP contribution in [0.4, 0.5) is 0 Å². The second kappa shape index (κ2) is 16.1. The van der Waals surface area contributed by atoms with Gasteiger partial charge in [-0.1, -0.05) is 78.6 Å². The fraction of sp³-hybridized carbons (Fsp3) is 0.444. The second-order valence-corrected chi connectivity index (χ2v) is 7.58. The predicted octanol–water partition coefficient (Wildman–Crippen LogP) is 8.76. The Bertz CT molecular complexity index is 548. The van der Waals surface area contributed by atoms with Gasteiger partial charge in [-0.15, -0.1) is 0 Å². The van der Waals surface area contributed by atoms with Crippen molar-refractivity contribution in [1.82, 2.24) is 0 Å². The first-order valence-electron chi connectivity index (χ1n) is 10.7. The molecule has 0 bridgehead atoms. The first kappa shape index (κ1) is 27.2. The van der Waals surface area contributed by atoms with Gasteiger partial charge in [0.1, 0.15) is 0 Å². The minimum Gasteiger partial charge on any atom is -0.213 e. The molecule has 0 amide bonds. The van der Waals surface area contributed by atoms with Crippen LogP contribution in [0, 0.1) is 35.6 Å². The quantitative estimate of drug-likeness (QED) is 0.296. The van der Waals surface area contributed by atoms with Gasteiger partial charge < -0.3 is 0 Å². The minimum absolute atomic E-state index is 0. The molecule has 0 aliphatic carbocycles. The van der Waals surface area contributed by atoms with Crippen LogP contribution < -0.4 is 0 Å². The number of hydrogen-bond donors (Lipinski definition) is 0. The maximum Gasteiger partial charge on any atom is 3.00 e. The first-order valence-corrected chi connectivity index (χ1v) is 10.7. The molecule has 150 valence electrons. The molecule has 3 rings (SSSR count). The molecule has 3 atom stereocenters. The third-order valence-electron chi connectivity index (χ3n) is 5.61. The molecule has 3 unspecified atom stereocenters.